The van der Waals surface area contributed by atoms with Crippen LogP contribution in [-0.2, 0) is 11.3 Å². The Labute approximate surface area is 130 Å². The van der Waals surface area contributed by atoms with Crippen molar-refractivity contribution >= 4 is 44.8 Å². The highest BCUT2D eigenvalue weighted by Crippen LogP contribution is 2.28. The molecule has 0 saturated heterocycles. The number of carbonyl (C=O) groups is 1. The van der Waals surface area contributed by atoms with Gasteiger partial charge < -0.3 is 10.2 Å². The maximum atomic E-state index is 12.0. The fourth-order valence-electron chi connectivity index (χ4n) is 2.30. The summed E-state index contributed by atoms with van der Waals surface area (Å²) in [6, 6.07) is 13.4. The molecule has 0 aliphatic carbocycles. The molecule has 0 unspecified atom stereocenters. The van der Waals surface area contributed by atoms with Crippen LogP contribution in [0.1, 0.15) is 5.56 Å². The van der Waals surface area contributed by atoms with Crippen molar-refractivity contribution in [2.45, 2.75) is 6.54 Å². The average Bonchev–Trinajstić information content (AvgIpc) is 2.56. The van der Waals surface area contributed by atoms with Crippen LogP contribution in [0.3, 0.4) is 0 Å². The quantitative estimate of drug-likeness (QED) is 0.840. The SMILES string of the molecule is O=C1CN(c2cccc(Cl)c2)Cc2cc(Br)ccc2N1. The minimum absolute atomic E-state index is 0.0222. The zero-order chi connectivity index (χ0) is 14.1. The molecule has 0 bridgehead atoms. The molecule has 102 valence electrons. The van der Waals surface area contributed by atoms with Crippen molar-refractivity contribution in [3.8, 4) is 0 Å². The summed E-state index contributed by atoms with van der Waals surface area (Å²) in [5.41, 5.74) is 2.88. The minimum atomic E-state index is -0.0222. The third-order valence-electron chi connectivity index (χ3n) is 3.21. The van der Waals surface area contributed by atoms with Crippen LogP contribution < -0.4 is 10.2 Å². The van der Waals surface area contributed by atoms with E-state index in [4.69, 9.17) is 11.6 Å². The van der Waals surface area contributed by atoms with Crippen molar-refractivity contribution in [1.29, 1.82) is 0 Å². The van der Waals surface area contributed by atoms with Crippen LogP contribution >= 0.6 is 27.5 Å². The van der Waals surface area contributed by atoms with Crippen molar-refractivity contribution in [1.82, 2.24) is 0 Å². The number of rotatable bonds is 1. The van der Waals surface area contributed by atoms with Crippen LogP contribution in [-0.4, -0.2) is 12.5 Å². The normalized spacial score (nSPS) is 14.5. The van der Waals surface area contributed by atoms with E-state index in [9.17, 15) is 4.79 Å². The molecule has 5 heteroatoms. The van der Waals surface area contributed by atoms with Crippen LogP contribution in [0.5, 0.6) is 0 Å². The van der Waals surface area contributed by atoms with Gasteiger partial charge in [0.05, 0.1) is 6.54 Å². The molecule has 3 nitrogen and oxygen atoms in total. The van der Waals surface area contributed by atoms with E-state index in [1.165, 1.54) is 0 Å². The number of nitrogens with zero attached hydrogens (tertiary/aromatic N) is 1. The predicted molar refractivity (Wildman–Crippen MR) is 85.3 cm³/mol. The minimum Gasteiger partial charge on any atom is -0.358 e. The van der Waals surface area contributed by atoms with Gasteiger partial charge in [0.15, 0.2) is 0 Å². The van der Waals surface area contributed by atoms with Crippen LogP contribution in [0.4, 0.5) is 11.4 Å². The number of nitrogens with one attached hydrogen (secondary N) is 1. The topological polar surface area (TPSA) is 32.3 Å². The van der Waals surface area contributed by atoms with Gasteiger partial charge >= 0.3 is 0 Å². The van der Waals surface area contributed by atoms with Gasteiger partial charge in [-0.1, -0.05) is 33.6 Å². The molecule has 3 rings (SSSR count). The largest absolute Gasteiger partial charge is 0.358 e. The fraction of sp³-hybridized carbons (Fsp3) is 0.133. The molecule has 1 aliphatic rings. The molecular formula is C15H12BrClN2O. The Hall–Kier alpha value is -1.52. The highest BCUT2D eigenvalue weighted by molar-refractivity contribution is 9.10. The number of carbonyl (C=O) groups excluding carboxylic acids is 1. The maximum Gasteiger partial charge on any atom is 0.243 e. The third-order valence-corrected chi connectivity index (χ3v) is 3.94. The van der Waals surface area contributed by atoms with E-state index in [0.717, 1.165) is 21.4 Å². The summed E-state index contributed by atoms with van der Waals surface area (Å²) in [5, 5.41) is 3.60. The second-order valence-electron chi connectivity index (χ2n) is 4.69. The van der Waals surface area contributed by atoms with Crippen LogP contribution in [0.25, 0.3) is 0 Å². The summed E-state index contributed by atoms with van der Waals surface area (Å²) < 4.78 is 0.999. The third kappa shape index (κ3) is 2.81. The highest BCUT2D eigenvalue weighted by Gasteiger charge is 2.19. The summed E-state index contributed by atoms with van der Waals surface area (Å²) >= 11 is 9.50. The van der Waals surface area contributed by atoms with Crippen molar-refractivity contribution in [3.63, 3.8) is 0 Å². The first-order valence-electron chi connectivity index (χ1n) is 6.20. The van der Waals surface area contributed by atoms with E-state index in [0.29, 0.717) is 18.1 Å². The first kappa shape index (κ1) is 13.5. The smallest absolute Gasteiger partial charge is 0.243 e. The molecule has 20 heavy (non-hydrogen) atoms. The summed E-state index contributed by atoms with van der Waals surface area (Å²) in [4.78, 5) is 14.0. The van der Waals surface area contributed by atoms with Gasteiger partial charge in [-0.2, -0.15) is 0 Å². The number of anilines is 2. The molecule has 1 amide bonds. The Morgan fingerprint density at radius 1 is 1.15 bits per heavy atom. The average molecular weight is 352 g/mol. The van der Waals surface area contributed by atoms with Crippen molar-refractivity contribution in [2.75, 3.05) is 16.8 Å². The molecular weight excluding hydrogens is 340 g/mol. The molecule has 0 radical (unpaired) electrons. The highest BCUT2D eigenvalue weighted by atomic mass is 79.9. The van der Waals surface area contributed by atoms with Gasteiger partial charge in [0.1, 0.15) is 0 Å². The van der Waals surface area contributed by atoms with Gasteiger partial charge in [-0.3, -0.25) is 4.79 Å². The maximum absolute atomic E-state index is 12.0. The molecule has 0 spiro atoms. The number of halogens is 2. The van der Waals surface area contributed by atoms with Crippen molar-refractivity contribution in [3.05, 3.63) is 57.5 Å². The molecule has 0 atom stereocenters. The van der Waals surface area contributed by atoms with Gasteiger partial charge in [-0.25, -0.2) is 0 Å². The molecule has 0 aromatic heterocycles. The van der Waals surface area contributed by atoms with Gasteiger partial charge in [-0.05, 0) is 42.0 Å². The lowest BCUT2D eigenvalue weighted by molar-refractivity contribution is -0.114. The van der Waals surface area contributed by atoms with Crippen LogP contribution in [0, 0.1) is 0 Å². The second-order valence-corrected chi connectivity index (χ2v) is 6.04. The van der Waals surface area contributed by atoms with E-state index in [1.54, 1.807) is 0 Å². The standard InChI is InChI=1S/C15H12BrClN2O/c16-11-4-5-14-10(6-11)8-19(9-15(20)18-14)13-3-1-2-12(17)7-13/h1-7H,8-9H2,(H,18,20). The Bertz CT molecular complexity index is 675. The Morgan fingerprint density at radius 3 is 2.80 bits per heavy atom. The first-order valence-corrected chi connectivity index (χ1v) is 7.38. The lowest BCUT2D eigenvalue weighted by atomic mass is 10.1. The van der Waals surface area contributed by atoms with Crippen LogP contribution in [0.2, 0.25) is 5.02 Å². The predicted octanol–water partition coefficient (Wildman–Crippen LogP) is 4.06. The molecule has 0 saturated carbocycles. The van der Waals surface area contributed by atoms with Gasteiger partial charge in [0.2, 0.25) is 5.91 Å². The molecule has 2 aromatic carbocycles. The first-order chi connectivity index (χ1) is 9.61. The fourth-order valence-corrected chi connectivity index (χ4v) is 2.89. The molecule has 1 N–H and O–H groups in total. The summed E-state index contributed by atoms with van der Waals surface area (Å²) in [6.45, 7) is 0.973. The monoisotopic (exact) mass is 350 g/mol. The number of hydrogen-bond acceptors (Lipinski definition) is 2. The van der Waals surface area contributed by atoms with E-state index >= 15 is 0 Å². The van der Waals surface area contributed by atoms with Crippen LogP contribution in [0.15, 0.2) is 46.9 Å². The number of hydrogen-bond donors (Lipinski definition) is 1. The zero-order valence-electron chi connectivity index (χ0n) is 10.6. The van der Waals surface area contributed by atoms with Gasteiger partial charge in [0.25, 0.3) is 0 Å². The number of benzene rings is 2. The molecule has 1 heterocycles. The van der Waals surface area contributed by atoms with Crippen molar-refractivity contribution < 1.29 is 4.79 Å². The Morgan fingerprint density at radius 2 is 2.00 bits per heavy atom. The molecule has 2 aromatic rings. The summed E-state index contributed by atoms with van der Waals surface area (Å²) in [6.07, 6.45) is 0. The summed E-state index contributed by atoms with van der Waals surface area (Å²) in [7, 11) is 0. The summed E-state index contributed by atoms with van der Waals surface area (Å²) in [5.74, 6) is -0.0222. The molecule has 0 fully saturated rings. The van der Waals surface area contributed by atoms with Crippen molar-refractivity contribution in [2.24, 2.45) is 0 Å². The van der Waals surface area contributed by atoms with E-state index < -0.39 is 0 Å². The van der Waals surface area contributed by atoms with E-state index in [1.807, 2.05) is 47.4 Å². The van der Waals surface area contributed by atoms with E-state index in [-0.39, 0.29) is 5.91 Å². The lowest BCUT2D eigenvalue weighted by Crippen LogP contribution is -2.29. The Kier molecular flexibility index (Phi) is 3.68. The second kappa shape index (κ2) is 5.46. The number of amides is 1. The Balaban J connectivity index is 1.99. The van der Waals surface area contributed by atoms with E-state index in [2.05, 4.69) is 21.2 Å². The number of fused-ring (bicyclic) bond motifs is 1. The lowest BCUT2D eigenvalue weighted by Gasteiger charge is -2.22. The van der Waals surface area contributed by atoms with Gasteiger partial charge in [0, 0.05) is 27.4 Å². The molecule has 1 aliphatic heterocycles. The van der Waals surface area contributed by atoms with Gasteiger partial charge in [-0.15, -0.1) is 0 Å². The zero-order valence-corrected chi connectivity index (χ0v) is 12.9.